The van der Waals surface area contributed by atoms with E-state index in [4.69, 9.17) is 9.47 Å². The highest BCUT2D eigenvalue weighted by molar-refractivity contribution is 5.98. The summed E-state index contributed by atoms with van der Waals surface area (Å²) in [7, 11) is 0. The molecule has 5 rings (SSSR count). The number of fused-ring (bicyclic) bond motifs is 1. The molecular weight excluding hydrogens is 487 g/mol. The lowest BCUT2D eigenvalue weighted by molar-refractivity contribution is 0.0523. The van der Waals surface area contributed by atoms with Crippen LogP contribution in [0.5, 0.6) is 11.5 Å². The molecule has 0 unspecified atom stereocenters. The Hall–Kier alpha value is -4.73. The number of aromatic amines is 1. The van der Waals surface area contributed by atoms with Crippen molar-refractivity contribution in [3.05, 3.63) is 90.5 Å². The Kier molecular flexibility index (Phi) is 6.78. The lowest BCUT2D eigenvalue weighted by Crippen LogP contribution is -2.32. The van der Waals surface area contributed by atoms with Gasteiger partial charge < -0.3 is 19.8 Å². The molecule has 0 aliphatic rings. The number of hydrogen-bond acceptors (Lipinski definition) is 6. The van der Waals surface area contributed by atoms with Crippen molar-refractivity contribution in [2.45, 2.75) is 39.5 Å². The highest BCUT2D eigenvalue weighted by Crippen LogP contribution is 2.37. The summed E-state index contributed by atoms with van der Waals surface area (Å²) in [6, 6.07) is 10.1. The molecule has 0 saturated heterocycles. The van der Waals surface area contributed by atoms with Crippen LogP contribution < -0.4 is 10.1 Å². The minimum absolute atomic E-state index is 0.0547. The number of H-pyrrole nitrogens is 1. The second kappa shape index (κ2) is 10.3. The summed E-state index contributed by atoms with van der Waals surface area (Å²) < 4.78 is 28.0. The number of hydrogen-bond donors (Lipinski definition) is 2. The summed E-state index contributed by atoms with van der Waals surface area (Å²) in [5, 5.41) is 7.82. The van der Waals surface area contributed by atoms with Crippen LogP contribution in [-0.2, 0) is 17.8 Å². The average molecular weight is 515 g/mol. The number of halogens is 1. The van der Waals surface area contributed by atoms with Gasteiger partial charge in [0.15, 0.2) is 11.6 Å². The van der Waals surface area contributed by atoms with Crippen LogP contribution in [0.25, 0.3) is 22.2 Å². The molecule has 5 aromatic rings. The van der Waals surface area contributed by atoms with Gasteiger partial charge in [0.25, 0.3) is 0 Å². The summed E-state index contributed by atoms with van der Waals surface area (Å²) >= 11 is 0. The molecule has 0 spiro atoms. The van der Waals surface area contributed by atoms with Crippen LogP contribution in [0.2, 0.25) is 0 Å². The maximum atomic E-state index is 15.0. The summed E-state index contributed by atoms with van der Waals surface area (Å²) in [6.07, 6.45) is 10.1. The number of nitrogens with one attached hydrogen (secondary N) is 2. The van der Waals surface area contributed by atoms with Gasteiger partial charge >= 0.3 is 6.09 Å². The first-order chi connectivity index (χ1) is 18.2. The second-order valence-electron chi connectivity index (χ2n) is 9.74. The van der Waals surface area contributed by atoms with Gasteiger partial charge in [-0.25, -0.2) is 14.2 Å². The van der Waals surface area contributed by atoms with E-state index in [9.17, 15) is 9.18 Å². The third-order valence-electron chi connectivity index (χ3n) is 5.63. The lowest BCUT2D eigenvalue weighted by atomic mass is 10.1. The Morgan fingerprint density at radius 2 is 1.89 bits per heavy atom. The Bertz CT molecular complexity index is 1570. The molecule has 2 N–H and O–H groups in total. The number of alkyl carbamates (subject to hydrolysis) is 1. The monoisotopic (exact) mass is 514 g/mol. The Labute approximate surface area is 218 Å². The van der Waals surface area contributed by atoms with Crippen LogP contribution in [-0.4, -0.2) is 36.4 Å². The number of ether oxygens (including phenoxy) is 2. The van der Waals surface area contributed by atoms with Gasteiger partial charge in [-0.3, -0.25) is 9.67 Å². The predicted molar refractivity (Wildman–Crippen MR) is 140 cm³/mol. The zero-order valence-electron chi connectivity index (χ0n) is 21.2. The van der Waals surface area contributed by atoms with Crippen LogP contribution in [0, 0.1) is 5.82 Å². The summed E-state index contributed by atoms with van der Waals surface area (Å²) in [5.74, 6) is -0.0496. The first-order valence-corrected chi connectivity index (χ1v) is 12.1. The summed E-state index contributed by atoms with van der Waals surface area (Å²) in [5.41, 5.74) is 3.36. The fraction of sp³-hybridized carbons (Fsp3) is 0.214. The number of rotatable bonds is 7. The van der Waals surface area contributed by atoms with Crippen molar-refractivity contribution in [2.24, 2.45) is 0 Å². The third-order valence-corrected chi connectivity index (χ3v) is 5.63. The molecule has 4 heterocycles. The molecule has 0 aliphatic carbocycles. The fourth-order valence-electron chi connectivity index (χ4n) is 3.95. The quantitative estimate of drug-likeness (QED) is 0.283. The largest absolute Gasteiger partial charge is 0.453 e. The maximum Gasteiger partial charge on any atom is 0.407 e. The number of amides is 1. The highest BCUT2D eigenvalue weighted by Gasteiger charge is 2.18. The van der Waals surface area contributed by atoms with E-state index in [1.807, 2.05) is 29.2 Å². The van der Waals surface area contributed by atoms with Gasteiger partial charge in [0.2, 0.25) is 0 Å². The Morgan fingerprint density at radius 1 is 1.08 bits per heavy atom. The molecule has 0 saturated carbocycles. The van der Waals surface area contributed by atoms with Gasteiger partial charge in [0.05, 0.1) is 18.1 Å². The standard InChI is InChI=1S/C28H27FN6O3/c1-28(2,3)38-27(36)33-13-19-4-5-23(22(29)12-19)37-24-8-11-31-26-25(24)21(15-32-26)20-14-34-35(17-20)16-18-6-9-30-10-7-18/h4-12,14-15,17H,13,16H2,1-3H3,(H,31,32)(H,33,36). The van der Waals surface area contributed by atoms with E-state index in [0.29, 0.717) is 28.9 Å². The van der Waals surface area contributed by atoms with E-state index in [1.165, 1.54) is 12.1 Å². The van der Waals surface area contributed by atoms with Gasteiger partial charge in [-0.15, -0.1) is 0 Å². The van der Waals surface area contributed by atoms with Gasteiger partial charge in [0.1, 0.15) is 17.0 Å². The van der Waals surface area contributed by atoms with E-state index in [2.05, 4.69) is 25.4 Å². The molecule has 0 aliphatic heterocycles. The smallest absolute Gasteiger partial charge is 0.407 e. The van der Waals surface area contributed by atoms with E-state index in [0.717, 1.165) is 16.7 Å². The first-order valence-electron chi connectivity index (χ1n) is 12.1. The number of benzene rings is 1. The number of aromatic nitrogens is 5. The van der Waals surface area contributed by atoms with Crippen LogP contribution >= 0.6 is 0 Å². The molecule has 0 bridgehead atoms. The van der Waals surface area contributed by atoms with Gasteiger partial charge in [-0.2, -0.15) is 5.10 Å². The maximum absolute atomic E-state index is 15.0. The van der Waals surface area contributed by atoms with Crippen LogP contribution in [0.15, 0.2) is 73.6 Å². The van der Waals surface area contributed by atoms with Crippen LogP contribution in [0.1, 0.15) is 31.9 Å². The fourth-order valence-corrected chi connectivity index (χ4v) is 3.95. The Morgan fingerprint density at radius 3 is 2.66 bits per heavy atom. The molecule has 4 aromatic heterocycles. The molecule has 10 heteroatoms. The minimum Gasteiger partial charge on any atom is -0.453 e. The number of nitrogens with zero attached hydrogens (tertiary/aromatic N) is 4. The minimum atomic E-state index is -0.613. The van der Waals surface area contributed by atoms with E-state index in [1.54, 1.807) is 57.7 Å². The third kappa shape index (κ3) is 5.80. The van der Waals surface area contributed by atoms with Crippen molar-refractivity contribution in [3.8, 4) is 22.6 Å². The predicted octanol–water partition coefficient (Wildman–Crippen LogP) is 5.83. The van der Waals surface area contributed by atoms with Crippen molar-refractivity contribution in [2.75, 3.05) is 0 Å². The van der Waals surface area contributed by atoms with Crippen LogP contribution in [0.4, 0.5) is 9.18 Å². The topological polar surface area (TPSA) is 107 Å². The molecule has 9 nitrogen and oxygen atoms in total. The molecule has 1 amide bonds. The zero-order chi connectivity index (χ0) is 26.7. The highest BCUT2D eigenvalue weighted by atomic mass is 19.1. The van der Waals surface area contributed by atoms with E-state index >= 15 is 0 Å². The molecule has 0 fully saturated rings. The normalized spacial score (nSPS) is 11.5. The first kappa shape index (κ1) is 24.9. The Balaban J connectivity index is 1.35. The average Bonchev–Trinajstić information content (AvgIpc) is 3.51. The second-order valence-corrected chi connectivity index (χ2v) is 9.74. The zero-order valence-corrected chi connectivity index (χ0v) is 21.2. The lowest BCUT2D eigenvalue weighted by Gasteiger charge is -2.19. The molecule has 0 radical (unpaired) electrons. The number of carbonyl (C=O) groups excluding carboxylic acids is 1. The van der Waals surface area contributed by atoms with Gasteiger partial charge in [-0.05, 0) is 62.2 Å². The van der Waals surface area contributed by atoms with Crippen molar-refractivity contribution in [1.29, 1.82) is 0 Å². The molecule has 0 atom stereocenters. The molecule has 194 valence electrons. The number of pyridine rings is 2. The molecule has 1 aromatic carbocycles. The van der Waals surface area contributed by atoms with Crippen molar-refractivity contribution in [1.82, 2.24) is 30.0 Å². The van der Waals surface area contributed by atoms with Crippen LogP contribution in [0.3, 0.4) is 0 Å². The molecular formula is C28H27FN6O3. The summed E-state index contributed by atoms with van der Waals surface area (Å²) in [6.45, 7) is 6.06. The van der Waals surface area contributed by atoms with E-state index < -0.39 is 17.5 Å². The van der Waals surface area contributed by atoms with E-state index in [-0.39, 0.29) is 12.3 Å². The van der Waals surface area contributed by atoms with Gasteiger partial charge in [-0.1, -0.05) is 6.07 Å². The SMILES string of the molecule is CC(C)(C)OC(=O)NCc1ccc(Oc2ccnc3[nH]cc(-c4cnn(Cc5ccncc5)c4)c23)c(F)c1. The molecule has 38 heavy (non-hydrogen) atoms. The van der Waals surface area contributed by atoms with Gasteiger partial charge in [0, 0.05) is 48.7 Å². The summed E-state index contributed by atoms with van der Waals surface area (Å²) in [4.78, 5) is 23.5. The van der Waals surface area contributed by atoms with Crippen molar-refractivity contribution < 1.29 is 18.7 Å². The van der Waals surface area contributed by atoms with Crippen molar-refractivity contribution >= 4 is 17.1 Å². The van der Waals surface area contributed by atoms with Crippen molar-refractivity contribution in [3.63, 3.8) is 0 Å². The number of carbonyl (C=O) groups is 1.